The maximum Gasteiger partial charge on any atom is 0.276 e. The molecule has 0 atom stereocenters. The zero-order chi connectivity index (χ0) is 19.5. The van der Waals surface area contributed by atoms with Gasteiger partial charge in [-0.1, -0.05) is 41.9 Å². The van der Waals surface area contributed by atoms with E-state index in [0.29, 0.717) is 22.4 Å². The minimum Gasteiger partial charge on any atom is -0.378 e. The number of ether oxygens (including phenoxy) is 1. The summed E-state index contributed by atoms with van der Waals surface area (Å²) in [6.45, 7) is 3.64. The van der Waals surface area contributed by atoms with Crippen LogP contribution < -0.4 is 10.2 Å². The highest BCUT2D eigenvalue weighted by Gasteiger charge is 2.30. The molecule has 2 aromatic rings. The van der Waals surface area contributed by atoms with Gasteiger partial charge in [0.1, 0.15) is 5.70 Å². The van der Waals surface area contributed by atoms with Gasteiger partial charge < -0.3 is 15.0 Å². The Hall–Kier alpha value is -2.41. The van der Waals surface area contributed by atoms with Crippen molar-refractivity contribution in [3.05, 3.63) is 70.4 Å². The standard InChI is InChI=1S/C21H20ClN3O2S/c22-18-4-2-1-3-16(18)14-25-20(26)19(23-21(25)28)13-15-5-7-17(8-6-15)24-9-11-27-12-10-24/h1-8,13H,9-12,14H2,(H,23,28)/b19-13+. The van der Waals surface area contributed by atoms with Crippen molar-refractivity contribution in [1.29, 1.82) is 0 Å². The van der Waals surface area contributed by atoms with Gasteiger partial charge in [0, 0.05) is 23.8 Å². The maximum absolute atomic E-state index is 12.8. The summed E-state index contributed by atoms with van der Waals surface area (Å²) in [5.74, 6) is -0.151. The van der Waals surface area contributed by atoms with E-state index in [-0.39, 0.29) is 5.91 Å². The van der Waals surface area contributed by atoms with Gasteiger partial charge in [0.2, 0.25) is 0 Å². The summed E-state index contributed by atoms with van der Waals surface area (Å²) in [6.07, 6.45) is 1.82. The van der Waals surface area contributed by atoms with Crippen LogP contribution in [-0.4, -0.2) is 42.2 Å². The van der Waals surface area contributed by atoms with Crippen LogP contribution in [0.2, 0.25) is 5.02 Å². The van der Waals surface area contributed by atoms with Gasteiger partial charge in [0.05, 0.1) is 19.8 Å². The second kappa shape index (κ2) is 8.31. The molecule has 2 aromatic carbocycles. The fourth-order valence-corrected chi connectivity index (χ4v) is 3.73. The number of nitrogens with zero attached hydrogens (tertiary/aromatic N) is 2. The summed E-state index contributed by atoms with van der Waals surface area (Å²) in [4.78, 5) is 16.6. The summed E-state index contributed by atoms with van der Waals surface area (Å²) in [5, 5.41) is 4.03. The van der Waals surface area contributed by atoms with Gasteiger partial charge in [-0.25, -0.2) is 0 Å². The number of carbonyl (C=O) groups excluding carboxylic acids is 1. The molecule has 0 aromatic heterocycles. The van der Waals surface area contributed by atoms with Crippen LogP contribution in [0.25, 0.3) is 6.08 Å². The van der Waals surface area contributed by atoms with Crippen LogP contribution in [0, 0.1) is 0 Å². The molecule has 0 spiro atoms. The number of benzene rings is 2. The number of hydrogen-bond acceptors (Lipinski definition) is 4. The lowest BCUT2D eigenvalue weighted by Gasteiger charge is -2.28. The van der Waals surface area contributed by atoms with E-state index in [1.165, 1.54) is 4.90 Å². The predicted molar refractivity (Wildman–Crippen MR) is 115 cm³/mol. The smallest absolute Gasteiger partial charge is 0.276 e. The van der Waals surface area contributed by atoms with Crippen LogP contribution >= 0.6 is 23.8 Å². The van der Waals surface area contributed by atoms with E-state index in [1.54, 1.807) is 6.07 Å². The van der Waals surface area contributed by atoms with Gasteiger partial charge in [0.25, 0.3) is 5.91 Å². The predicted octanol–water partition coefficient (Wildman–Crippen LogP) is 3.43. The number of thiocarbonyl (C=S) groups is 1. The molecule has 2 fully saturated rings. The summed E-state index contributed by atoms with van der Waals surface area (Å²) >= 11 is 11.6. The Morgan fingerprint density at radius 1 is 1.11 bits per heavy atom. The molecule has 0 saturated carbocycles. The van der Waals surface area contributed by atoms with Gasteiger partial charge in [0.15, 0.2) is 5.11 Å². The van der Waals surface area contributed by atoms with E-state index in [0.717, 1.165) is 43.1 Å². The number of hydrogen-bond donors (Lipinski definition) is 1. The molecule has 2 saturated heterocycles. The molecule has 144 valence electrons. The van der Waals surface area contributed by atoms with Crippen LogP contribution in [0.4, 0.5) is 5.69 Å². The van der Waals surface area contributed by atoms with Crippen molar-refractivity contribution < 1.29 is 9.53 Å². The molecular weight excluding hydrogens is 394 g/mol. The number of carbonyl (C=O) groups is 1. The highest BCUT2D eigenvalue weighted by Crippen LogP contribution is 2.22. The minimum atomic E-state index is -0.151. The van der Waals surface area contributed by atoms with Gasteiger partial charge in [-0.2, -0.15) is 0 Å². The SMILES string of the molecule is O=C1/C(=C\c2ccc(N3CCOCC3)cc2)NC(=S)N1Cc1ccccc1Cl. The average molecular weight is 414 g/mol. The van der Waals surface area contributed by atoms with Gasteiger partial charge in [-0.15, -0.1) is 0 Å². The summed E-state index contributed by atoms with van der Waals surface area (Å²) in [5.41, 5.74) is 3.43. The van der Waals surface area contributed by atoms with Crippen LogP contribution in [-0.2, 0) is 16.1 Å². The first-order chi connectivity index (χ1) is 13.6. The van der Waals surface area contributed by atoms with Gasteiger partial charge in [-0.3, -0.25) is 9.69 Å². The van der Waals surface area contributed by atoms with E-state index in [2.05, 4.69) is 22.3 Å². The van der Waals surface area contributed by atoms with Crippen molar-refractivity contribution in [3.63, 3.8) is 0 Å². The summed E-state index contributed by atoms with van der Waals surface area (Å²) in [6, 6.07) is 15.6. The zero-order valence-corrected chi connectivity index (χ0v) is 16.8. The van der Waals surface area contributed by atoms with Crippen molar-refractivity contribution in [1.82, 2.24) is 10.2 Å². The van der Waals surface area contributed by atoms with Gasteiger partial charge >= 0.3 is 0 Å². The molecule has 2 heterocycles. The van der Waals surface area contributed by atoms with E-state index in [1.807, 2.05) is 36.4 Å². The normalized spacial score (nSPS) is 18.7. The lowest BCUT2D eigenvalue weighted by molar-refractivity contribution is -0.122. The lowest BCUT2D eigenvalue weighted by atomic mass is 10.1. The quantitative estimate of drug-likeness (QED) is 0.614. The Balaban J connectivity index is 1.48. The zero-order valence-electron chi connectivity index (χ0n) is 15.2. The van der Waals surface area contributed by atoms with Crippen LogP contribution in [0.5, 0.6) is 0 Å². The largest absolute Gasteiger partial charge is 0.378 e. The van der Waals surface area contributed by atoms with Crippen molar-refractivity contribution in [2.75, 3.05) is 31.2 Å². The molecule has 2 aliphatic rings. The van der Waals surface area contributed by atoms with Gasteiger partial charge in [-0.05, 0) is 47.6 Å². The van der Waals surface area contributed by atoms with E-state index < -0.39 is 0 Å². The Morgan fingerprint density at radius 2 is 1.82 bits per heavy atom. The molecule has 28 heavy (non-hydrogen) atoms. The number of morpholine rings is 1. The van der Waals surface area contributed by atoms with Crippen molar-refractivity contribution in [2.24, 2.45) is 0 Å². The minimum absolute atomic E-state index is 0.151. The average Bonchev–Trinajstić information content (AvgIpc) is 2.98. The Morgan fingerprint density at radius 3 is 2.54 bits per heavy atom. The van der Waals surface area contributed by atoms with Crippen molar-refractivity contribution >= 4 is 46.6 Å². The summed E-state index contributed by atoms with van der Waals surface area (Å²) in [7, 11) is 0. The Kier molecular flexibility index (Phi) is 5.62. The third-order valence-electron chi connectivity index (χ3n) is 4.83. The van der Waals surface area contributed by atoms with Crippen molar-refractivity contribution in [2.45, 2.75) is 6.54 Å². The Bertz CT molecular complexity index is 924. The fourth-order valence-electron chi connectivity index (χ4n) is 3.28. The molecule has 0 radical (unpaired) electrons. The number of rotatable bonds is 4. The topological polar surface area (TPSA) is 44.8 Å². The van der Waals surface area contributed by atoms with Crippen LogP contribution in [0.1, 0.15) is 11.1 Å². The highest BCUT2D eigenvalue weighted by atomic mass is 35.5. The van der Waals surface area contributed by atoms with Crippen LogP contribution in [0.3, 0.4) is 0 Å². The first-order valence-electron chi connectivity index (χ1n) is 9.12. The lowest BCUT2D eigenvalue weighted by Crippen LogP contribution is -2.36. The molecule has 0 unspecified atom stereocenters. The third kappa shape index (κ3) is 4.04. The molecule has 5 nitrogen and oxygen atoms in total. The summed E-state index contributed by atoms with van der Waals surface area (Å²) < 4.78 is 5.39. The Labute approximate surface area is 174 Å². The first kappa shape index (κ1) is 18.9. The third-order valence-corrected chi connectivity index (χ3v) is 5.52. The molecule has 2 aliphatic heterocycles. The number of halogens is 1. The second-order valence-corrected chi connectivity index (χ2v) is 7.46. The number of nitrogens with one attached hydrogen (secondary N) is 1. The van der Waals surface area contributed by atoms with Crippen LogP contribution in [0.15, 0.2) is 54.2 Å². The fraction of sp³-hybridized carbons (Fsp3) is 0.238. The number of amides is 1. The first-order valence-corrected chi connectivity index (χ1v) is 9.91. The molecule has 1 amide bonds. The molecule has 4 rings (SSSR count). The molecule has 0 bridgehead atoms. The molecule has 1 N–H and O–H groups in total. The second-order valence-electron chi connectivity index (χ2n) is 6.66. The molecule has 7 heteroatoms. The molecular formula is C21H20ClN3O2S. The number of anilines is 1. The monoisotopic (exact) mass is 413 g/mol. The highest BCUT2D eigenvalue weighted by molar-refractivity contribution is 7.80. The maximum atomic E-state index is 12.8. The van der Waals surface area contributed by atoms with Crippen molar-refractivity contribution in [3.8, 4) is 0 Å². The van der Waals surface area contributed by atoms with E-state index >= 15 is 0 Å². The van der Waals surface area contributed by atoms with E-state index in [4.69, 9.17) is 28.6 Å². The molecule has 0 aliphatic carbocycles. The van der Waals surface area contributed by atoms with E-state index in [9.17, 15) is 4.79 Å².